The van der Waals surface area contributed by atoms with Crippen LogP contribution in [-0.4, -0.2) is 5.78 Å². The standard InChI is InChI=1S/C23H18NO/c25-23(19-9-2-1-3-10-19)17-24-15-7-6-12-22(24)21-14-13-18-8-4-5-11-20(18)16-21/h1-16H,17H2/q+1. The molecule has 0 fully saturated rings. The smallest absolute Gasteiger partial charge is 0.227 e. The molecular formula is C23H18NO+. The predicted octanol–water partition coefficient (Wildman–Crippen LogP) is 4.68. The first kappa shape index (κ1) is 15.3. The number of aromatic nitrogens is 1. The quantitative estimate of drug-likeness (QED) is 0.394. The van der Waals surface area contributed by atoms with Crippen LogP contribution in [-0.2, 0) is 6.54 Å². The highest BCUT2D eigenvalue weighted by molar-refractivity contribution is 5.95. The molecule has 0 atom stereocenters. The minimum Gasteiger partial charge on any atom is -0.287 e. The second-order valence-corrected chi connectivity index (χ2v) is 6.06. The van der Waals surface area contributed by atoms with Crippen LogP contribution in [0, 0.1) is 0 Å². The molecule has 0 bridgehead atoms. The summed E-state index contributed by atoms with van der Waals surface area (Å²) in [6.07, 6.45) is 1.96. The molecular weight excluding hydrogens is 306 g/mol. The summed E-state index contributed by atoms with van der Waals surface area (Å²) >= 11 is 0. The van der Waals surface area contributed by atoms with Gasteiger partial charge < -0.3 is 0 Å². The summed E-state index contributed by atoms with van der Waals surface area (Å²) < 4.78 is 2.01. The molecule has 0 aliphatic carbocycles. The van der Waals surface area contributed by atoms with Crippen LogP contribution in [0.15, 0.2) is 97.2 Å². The number of hydrogen-bond acceptors (Lipinski definition) is 1. The molecule has 3 aromatic carbocycles. The molecule has 1 heterocycles. The number of Topliss-reactive ketones (excluding diaryl/α,β-unsaturated/α-hetero) is 1. The first-order chi connectivity index (χ1) is 12.3. The number of pyridine rings is 1. The van der Waals surface area contributed by atoms with E-state index in [1.54, 1.807) is 0 Å². The van der Waals surface area contributed by atoms with Crippen molar-refractivity contribution in [3.63, 3.8) is 0 Å². The van der Waals surface area contributed by atoms with E-state index in [9.17, 15) is 4.79 Å². The third-order valence-electron chi connectivity index (χ3n) is 4.40. The van der Waals surface area contributed by atoms with E-state index >= 15 is 0 Å². The van der Waals surface area contributed by atoms with Crippen molar-refractivity contribution >= 4 is 16.6 Å². The molecule has 120 valence electrons. The number of ketones is 1. The minimum atomic E-state index is 0.110. The highest BCUT2D eigenvalue weighted by atomic mass is 16.1. The molecule has 1 aromatic heterocycles. The fraction of sp³-hybridized carbons (Fsp3) is 0.0435. The Bertz CT molecular complexity index is 1040. The van der Waals surface area contributed by atoms with E-state index in [4.69, 9.17) is 0 Å². The molecule has 0 saturated carbocycles. The summed E-state index contributed by atoms with van der Waals surface area (Å²) in [5.74, 6) is 0.110. The van der Waals surface area contributed by atoms with Gasteiger partial charge in [0.2, 0.25) is 18.0 Å². The Morgan fingerprint density at radius 2 is 1.44 bits per heavy atom. The van der Waals surface area contributed by atoms with Crippen molar-refractivity contribution in [1.82, 2.24) is 0 Å². The molecule has 4 rings (SSSR count). The van der Waals surface area contributed by atoms with Gasteiger partial charge in [-0.3, -0.25) is 4.79 Å². The molecule has 0 N–H and O–H groups in total. The lowest BCUT2D eigenvalue weighted by Crippen LogP contribution is -2.39. The lowest BCUT2D eigenvalue weighted by Gasteiger charge is -2.05. The van der Waals surface area contributed by atoms with Gasteiger partial charge in [0.15, 0.2) is 6.20 Å². The van der Waals surface area contributed by atoms with Crippen LogP contribution in [0.2, 0.25) is 0 Å². The lowest BCUT2D eigenvalue weighted by molar-refractivity contribution is -0.672. The van der Waals surface area contributed by atoms with E-state index in [-0.39, 0.29) is 5.78 Å². The van der Waals surface area contributed by atoms with Crippen molar-refractivity contribution in [3.05, 3.63) is 103 Å². The van der Waals surface area contributed by atoms with Crippen LogP contribution in [0.25, 0.3) is 22.0 Å². The molecule has 0 unspecified atom stereocenters. The SMILES string of the molecule is O=C(C[n+]1ccccc1-c1ccc2ccccc2c1)c1ccccc1. The molecule has 0 aliphatic heterocycles. The van der Waals surface area contributed by atoms with E-state index < -0.39 is 0 Å². The highest BCUT2D eigenvalue weighted by Crippen LogP contribution is 2.22. The third-order valence-corrected chi connectivity index (χ3v) is 4.40. The topological polar surface area (TPSA) is 20.9 Å². The van der Waals surface area contributed by atoms with E-state index in [0.29, 0.717) is 6.54 Å². The first-order valence-electron chi connectivity index (χ1n) is 8.37. The molecule has 4 aromatic rings. The van der Waals surface area contributed by atoms with Crippen molar-refractivity contribution < 1.29 is 9.36 Å². The zero-order valence-corrected chi connectivity index (χ0v) is 13.8. The van der Waals surface area contributed by atoms with Crippen LogP contribution in [0.3, 0.4) is 0 Å². The number of nitrogens with zero attached hydrogens (tertiary/aromatic N) is 1. The highest BCUT2D eigenvalue weighted by Gasteiger charge is 2.17. The average molecular weight is 324 g/mol. The van der Waals surface area contributed by atoms with Gasteiger partial charge >= 0.3 is 0 Å². The van der Waals surface area contributed by atoms with Crippen LogP contribution in [0.5, 0.6) is 0 Å². The molecule has 25 heavy (non-hydrogen) atoms. The second kappa shape index (κ2) is 6.70. The maximum atomic E-state index is 12.6. The number of carbonyl (C=O) groups excluding carboxylic acids is 1. The van der Waals surface area contributed by atoms with Gasteiger partial charge in [0, 0.05) is 23.3 Å². The number of fused-ring (bicyclic) bond motifs is 1. The largest absolute Gasteiger partial charge is 0.287 e. The number of rotatable bonds is 4. The fourth-order valence-corrected chi connectivity index (χ4v) is 3.09. The van der Waals surface area contributed by atoms with Crippen LogP contribution in [0.4, 0.5) is 0 Å². The Balaban J connectivity index is 1.72. The Labute approximate surface area is 147 Å². The lowest BCUT2D eigenvalue weighted by atomic mass is 10.0. The third kappa shape index (κ3) is 3.20. The normalized spacial score (nSPS) is 10.7. The summed E-state index contributed by atoms with van der Waals surface area (Å²) in [7, 11) is 0. The number of carbonyl (C=O) groups is 1. The van der Waals surface area contributed by atoms with Crippen molar-refractivity contribution in [1.29, 1.82) is 0 Å². The van der Waals surface area contributed by atoms with Crippen LogP contribution >= 0.6 is 0 Å². The summed E-state index contributed by atoms with van der Waals surface area (Å²) in [5, 5.41) is 2.42. The number of benzene rings is 3. The summed E-state index contributed by atoms with van der Waals surface area (Å²) in [6.45, 7) is 0.326. The van der Waals surface area contributed by atoms with Crippen molar-refractivity contribution in [3.8, 4) is 11.3 Å². The molecule has 0 spiro atoms. The molecule has 2 nitrogen and oxygen atoms in total. The van der Waals surface area contributed by atoms with Crippen molar-refractivity contribution in [2.24, 2.45) is 0 Å². The van der Waals surface area contributed by atoms with Gasteiger partial charge in [0.1, 0.15) is 0 Å². The maximum Gasteiger partial charge on any atom is 0.227 e. The minimum absolute atomic E-state index is 0.110. The van der Waals surface area contributed by atoms with Gasteiger partial charge in [-0.1, -0.05) is 60.7 Å². The summed E-state index contributed by atoms with van der Waals surface area (Å²) in [4.78, 5) is 12.6. The Kier molecular flexibility index (Phi) is 4.09. The van der Waals surface area contributed by atoms with E-state index in [2.05, 4.69) is 36.4 Å². The molecule has 0 radical (unpaired) electrons. The fourth-order valence-electron chi connectivity index (χ4n) is 3.09. The molecule has 0 amide bonds. The molecule has 0 aliphatic rings. The van der Waals surface area contributed by atoms with Crippen LogP contribution in [0.1, 0.15) is 10.4 Å². The van der Waals surface area contributed by atoms with Gasteiger partial charge in [-0.25, -0.2) is 0 Å². The zero-order chi connectivity index (χ0) is 17.1. The zero-order valence-electron chi connectivity index (χ0n) is 13.8. The summed E-state index contributed by atoms with van der Waals surface area (Å²) in [5.41, 5.74) is 2.89. The van der Waals surface area contributed by atoms with Crippen molar-refractivity contribution in [2.45, 2.75) is 6.54 Å². The van der Waals surface area contributed by atoms with Crippen LogP contribution < -0.4 is 4.57 Å². The van der Waals surface area contributed by atoms with Gasteiger partial charge in [0.25, 0.3) is 0 Å². The van der Waals surface area contributed by atoms with Gasteiger partial charge in [-0.2, -0.15) is 4.57 Å². The van der Waals surface area contributed by atoms with Crippen molar-refractivity contribution in [2.75, 3.05) is 0 Å². The van der Waals surface area contributed by atoms with Gasteiger partial charge in [0.05, 0.1) is 0 Å². The second-order valence-electron chi connectivity index (χ2n) is 6.06. The molecule has 2 heteroatoms. The Morgan fingerprint density at radius 1 is 0.720 bits per heavy atom. The van der Waals surface area contributed by atoms with E-state index in [0.717, 1.165) is 16.8 Å². The first-order valence-corrected chi connectivity index (χ1v) is 8.37. The van der Waals surface area contributed by atoms with Gasteiger partial charge in [-0.05, 0) is 29.0 Å². The Morgan fingerprint density at radius 3 is 2.28 bits per heavy atom. The Hall–Kier alpha value is -3.26. The van der Waals surface area contributed by atoms with E-state index in [1.165, 1.54) is 10.8 Å². The molecule has 0 saturated heterocycles. The number of hydrogen-bond donors (Lipinski definition) is 0. The maximum absolute atomic E-state index is 12.6. The van der Waals surface area contributed by atoms with Gasteiger partial charge in [-0.15, -0.1) is 0 Å². The van der Waals surface area contributed by atoms with E-state index in [1.807, 2.05) is 65.4 Å². The average Bonchev–Trinajstić information content (AvgIpc) is 2.69. The summed E-state index contributed by atoms with van der Waals surface area (Å²) in [6, 6.07) is 30.2. The monoisotopic (exact) mass is 324 g/mol. The predicted molar refractivity (Wildman–Crippen MR) is 100 cm³/mol.